The number of carboxylic acids is 1. The van der Waals surface area contributed by atoms with Gasteiger partial charge in [0, 0.05) is 0 Å². The summed E-state index contributed by atoms with van der Waals surface area (Å²) >= 11 is 0. The Kier molecular flexibility index (Phi) is 3.12. The molecule has 0 aliphatic heterocycles. The first-order valence-corrected chi connectivity index (χ1v) is 6.74. The van der Waals surface area contributed by atoms with Crippen LogP contribution in [0, 0.1) is 17.8 Å². The first kappa shape index (κ1) is 11.8. The van der Waals surface area contributed by atoms with Crippen LogP contribution in [0.2, 0.25) is 0 Å². The molecule has 2 saturated carbocycles. The van der Waals surface area contributed by atoms with E-state index in [4.69, 9.17) is 9.52 Å². The molecule has 1 heterocycles. The van der Waals surface area contributed by atoms with Crippen LogP contribution in [0.5, 0.6) is 0 Å². The van der Waals surface area contributed by atoms with Crippen LogP contribution in [0.1, 0.15) is 41.8 Å². The van der Waals surface area contributed by atoms with E-state index in [1.165, 1.54) is 38.0 Å². The maximum Gasteiger partial charge on any atom is 0.339 e. The van der Waals surface area contributed by atoms with Gasteiger partial charge in [-0.15, -0.1) is 0 Å². The van der Waals surface area contributed by atoms with E-state index in [-0.39, 0.29) is 5.56 Å². The molecule has 2 aliphatic carbocycles. The van der Waals surface area contributed by atoms with Crippen molar-refractivity contribution >= 4 is 5.97 Å². The molecule has 18 heavy (non-hydrogen) atoms. The van der Waals surface area contributed by atoms with Crippen molar-refractivity contribution < 1.29 is 14.3 Å². The van der Waals surface area contributed by atoms with Crippen LogP contribution in [0.25, 0.3) is 0 Å². The monoisotopic (exact) mass is 249 g/mol. The molecular formula is C14H19NO3. The lowest BCUT2D eigenvalue weighted by Gasteiger charge is -2.21. The van der Waals surface area contributed by atoms with Gasteiger partial charge in [-0.2, -0.15) is 0 Å². The van der Waals surface area contributed by atoms with Gasteiger partial charge in [0.2, 0.25) is 0 Å². The number of fused-ring (bicyclic) bond motifs is 2. The minimum atomic E-state index is -0.916. The van der Waals surface area contributed by atoms with Gasteiger partial charge in [0.1, 0.15) is 11.3 Å². The number of rotatable bonds is 5. The molecule has 4 nitrogen and oxygen atoms in total. The maximum absolute atomic E-state index is 10.9. The van der Waals surface area contributed by atoms with Gasteiger partial charge >= 0.3 is 5.97 Å². The molecule has 1 aromatic rings. The fraction of sp³-hybridized carbons (Fsp3) is 0.643. The van der Waals surface area contributed by atoms with Crippen molar-refractivity contribution in [3.05, 3.63) is 23.7 Å². The van der Waals surface area contributed by atoms with Gasteiger partial charge in [-0.05, 0) is 49.6 Å². The van der Waals surface area contributed by atoms with E-state index in [2.05, 4.69) is 5.32 Å². The summed E-state index contributed by atoms with van der Waals surface area (Å²) < 4.78 is 5.21. The Labute approximate surface area is 106 Å². The number of furan rings is 1. The van der Waals surface area contributed by atoms with Crippen LogP contribution in [0.15, 0.2) is 16.7 Å². The molecular weight excluding hydrogens is 230 g/mol. The van der Waals surface area contributed by atoms with Crippen LogP contribution in [0.3, 0.4) is 0 Å². The first-order valence-electron chi connectivity index (χ1n) is 6.74. The minimum Gasteiger partial charge on any atom is -0.478 e. The van der Waals surface area contributed by atoms with Gasteiger partial charge in [-0.1, -0.05) is 6.42 Å². The summed E-state index contributed by atoms with van der Waals surface area (Å²) in [4.78, 5) is 10.9. The van der Waals surface area contributed by atoms with Crippen LogP contribution >= 0.6 is 0 Å². The highest BCUT2D eigenvalue weighted by Gasteiger charge is 2.38. The summed E-state index contributed by atoms with van der Waals surface area (Å²) in [5, 5.41) is 12.3. The topological polar surface area (TPSA) is 62.5 Å². The number of hydrogen-bond donors (Lipinski definition) is 2. The summed E-state index contributed by atoms with van der Waals surface area (Å²) in [5.41, 5.74) is 0.274. The van der Waals surface area contributed by atoms with Crippen molar-refractivity contribution in [1.29, 1.82) is 0 Å². The third-order valence-corrected chi connectivity index (χ3v) is 4.55. The molecule has 2 aliphatic rings. The minimum absolute atomic E-state index is 0.274. The first-order chi connectivity index (χ1) is 8.74. The predicted molar refractivity (Wildman–Crippen MR) is 66.3 cm³/mol. The Balaban J connectivity index is 1.50. The van der Waals surface area contributed by atoms with Crippen molar-refractivity contribution in [2.45, 2.75) is 32.2 Å². The Bertz CT molecular complexity index is 440. The molecule has 3 atom stereocenters. The molecule has 98 valence electrons. The summed E-state index contributed by atoms with van der Waals surface area (Å²) in [6.45, 7) is 1.50. The fourth-order valence-corrected chi connectivity index (χ4v) is 3.67. The smallest absolute Gasteiger partial charge is 0.339 e. The second-order valence-corrected chi connectivity index (χ2v) is 5.63. The van der Waals surface area contributed by atoms with Crippen molar-refractivity contribution in [2.24, 2.45) is 17.8 Å². The third-order valence-electron chi connectivity index (χ3n) is 4.55. The van der Waals surface area contributed by atoms with Crippen LogP contribution in [0.4, 0.5) is 0 Å². The van der Waals surface area contributed by atoms with E-state index in [9.17, 15) is 4.79 Å². The lowest BCUT2D eigenvalue weighted by atomic mass is 9.89. The predicted octanol–water partition coefficient (Wildman–Crippen LogP) is 2.50. The lowest BCUT2D eigenvalue weighted by molar-refractivity contribution is 0.0694. The van der Waals surface area contributed by atoms with Crippen LogP contribution in [-0.4, -0.2) is 17.6 Å². The zero-order chi connectivity index (χ0) is 12.5. The van der Waals surface area contributed by atoms with E-state index >= 15 is 0 Å². The largest absolute Gasteiger partial charge is 0.478 e. The van der Waals surface area contributed by atoms with E-state index in [1.54, 1.807) is 0 Å². The summed E-state index contributed by atoms with van der Waals surface area (Å²) in [6, 6.07) is 1.51. The van der Waals surface area contributed by atoms with Gasteiger partial charge in [-0.3, -0.25) is 0 Å². The normalized spacial score (nSPS) is 29.9. The molecule has 3 unspecified atom stereocenters. The van der Waals surface area contributed by atoms with Gasteiger partial charge < -0.3 is 14.8 Å². The molecule has 2 N–H and O–H groups in total. The Morgan fingerprint density at radius 1 is 1.44 bits per heavy atom. The molecule has 0 aromatic carbocycles. The number of aromatic carboxylic acids is 1. The standard InChI is InChI=1S/C14H19NO3/c16-14(17)12-3-4-18-13(12)8-15-7-11-6-9-1-2-10(11)5-9/h3-4,9-11,15H,1-2,5-8H2,(H,16,17). The molecule has 0 spiro atoms. The van der Waals surface area contributed by atoms with Gasteiger partial charge in [0.15, 0.2) is 0 Å². The van der Waals surface area contributed by atoms with Crippen LogP contribution in [-0.2, 0) is 6.54 Å². The quantitative estimate of drug-likeness (QED) is 0.841. The Hall–Kier alpha value is -1.29. The van der Waals surface area contributed by atoms with E-state index in [0.29, 0.717) is 12.3 Å². The molecule has 0 amide bonds. The number of carboxylic acid groups (broad SMARTS) is 1. The molecule has 4 heteroatoms. The average molecular weight is 249 g/mol. The summed E-state index contributed by atoms with van der Waals surface area (Å²) in [7, 11) is 0. The average Bonchev–Trinajstić information content (AvgIpc) is 3.03. The van der Waals surface area contributed by atoms with Crippen molar-refractivity contribution in [3.63, 3.8) is 0 Å². The number of nitrogens with one attached hydrogen (secondary N) is 1. The highest BCUT2D eigenvalue weighted by atomic mass is 16.4. The molecule has 3 rings (SSSR count). The highest BCUT2D eigenvalue weighted by molar-refractivity contribution is 5.88. The van der Waals surface area contributed by atoms with E-state index in [0.717, 1.165) is 24.3 Å². The molecule has 0 saturated heterocycles. The lowest BCUT2D eigenvalue weighted by Crippen LogP contribution is -2.26. The zero-order valence-corrected chi connectivity index (χ0v) is 10.4. The van der Waals surface area contributed by atoms with Crippen LogP contribution < -0.4 is 5.32 Å². The number of hydrogen-bond acceptors (Lipinski definition) is 3. The molecule has 0 radical (unpaired) electrons. The zero-order valence-electron chi connectivity index (χ0n) is 10.4. The molecule has 2 fully saturated rings. The van der Waals surface area contributed by atoms with E-state index < -0.39 is 5.97 Å². The number of carbonyl (C=O) groups is 1. The Morgan fingerprint density at radius 2 is 2.33 bits per heavy atom. The summed E-state index contributed by atoms with van der Waals surface area (Å²) in [5.74, 6) is 2.26. The Morgan fingerprint density at radius 3 is 3.00 bits per heavy atom. The van der Waals surface area contributed by atoms with Gasteiger partial charge in [0.05, 0.1) is 12.8 Å². The SMILES string of the molecule is O=C(O)c1ccoc1CNCC1CC2CCC1C2. The van der Waals surface area contributed by atoms with Crippen molar-refractivity contribution in [1.82, 2.24) is 5.32 Å². The van der Waals surface area contributed by atoms with Gasteiger partial charge in [-0.25, -0.2) is 4.79 Å². The van der Waals surface area contributed by atoms with Crippen molar-refractivity contribution in [2.75, 3.05) is 6.54 Å². The second-order valence-electron chi connectivity index (χ2n) is 5.63. The highest BCUT2D eigenvalue weighted by Crippen LogP contribution is 2.47. The second kappa shape index (κ2) is 4.76. The van der Waals surface area contributed by atoms with Gasteiger partial charge in [0.25, 0.3) is 0 Å². The third kappa shape index (κ3) is 2.17. The fourth-order valence-electron chi connectivity index (χ4n) is 3.67. The molecule has 2 bridgehead atoms. The van der Waals surface area contributed by atoms with Crippen molar-refractivity contribution in [3.8, 4) is 0 Å². The maximum atomic E-state index is 10.9. The van der Waals surface area contributed by atoms with E-state index in [1.807, 2.05) is 0 Å². The summed E-state index contributed by atoms with van der Waals surface area (Å²) in [6.07, 6.45) is 7.01. The molecule has 1 aromatic heterocycles.